The van der Waals surface area contributed by atoms with E-state index in [2.05, 4.69) is 4.98 Å². The van der Waals surface area contributed by atoms with Gasteiger partial charge in [0.1, 0.15) is 5.82 Å². The number of benzene rings is 1. The Labute approximate surface area is 153 Å². The molecule has 27 heavy (non-hydrogen) atoms. The maximum Gasteiger partial charge on any atom is 0.332 e. The van der Waals surface area contributed by atoms with E-state index in [1.165, 1.54) is 10.6 Å². The Hall–Kier alpha value is -3.16. The molecule has 140 valence electrons. The van der Waals surface area contributed by atoms with Crippen LogP contribution in [-0.2, 0) is 13.6 Å². The highest BCUT2D eigenvalue weighted by molar-refractivity contribution is 5.75. The van der Waals surface area contributed by atoms with Crippen LogP contribution in [0.4, 0.5) is 4.39 Å². The zero-order valence-electron chi connectivity index (χ0n) is 15.6. The lowest BCUT2D eigenvalue weighted by molar-refractivity contribution is 0.582. The summed E-state index contributed by atoms with van der Waals surface area (Å²) in [5, 5.41) is 0. The van der Waals surface area contributed by atoms with Crippen LogP contribution in [0.1, 0.15) is 31.1 Å². The summed E-state index contributed by atoms with van der Waals surface area (Å²) in [7, 11) is 1.57. The largest absolute Gasteiger partial charge is 0.332 e. The molecule has 0 aliphatic heterocycles. The van der Waals surface area contributed by atoms with Crippen LogP contribution in [0, 0.1) is 12.7 Å². The second-order valence-electron chi connectivity index (χ2n) is 7.01. The van der Waals surface area contributed by atoms with Crippen LogP contribution in [0.15, 0.2) is 40.1 Å². The van der Waals surface area contributed by atoms with Gasteiger partial charge < -0.3 is 4.57 Å². The maximum absolute atomic E-state index is 14.0. The highest BCUT2D eigenvalue weighted by Crippen LogP contribution is 2.20. The van der Waals surface area contributed by atoms with Gasteiger partial charge in [-0.1, -0.05) is 18.2 Å². The van der Waals surface area contributed by atoms with E-state index in [1.807, 2.05) is 31.5 Å². The fraction of sp³-hybridized carbons (Fsp3) is 0.316. The molecule has 0 radical (unpaired) electrons. The number of imidazole rings is 2. The van der Waals surface area contributed by atoms with E-state index >= 15 is 0 Å². The molecule has 0 aliphatic rings. The van der Waals surface area contributed by atoms with Gasteiger partial charge in [-0.3, -0.25) is 18.3 Å². The van der Waals surface area contributed by atoms with Gasteiger partial charge >= 0.3 is 5.69 Å². The molecule has 0 atom stereocenters. The molecule has 0 N–H and O–H groups in total. The molecule has 8 heteroatoms. The second-order valence-corrected chi connectivity index (χ2v) is 7.01. The summed E-state index contributed by atoms with van der Waals surface area (Å²) in [6.45, 7) is 5.87. The van der Waals surface area contributed by atoms with Crippen LogP contribution in [-0.4, -0.2) is 23.1 Å². The number of aromatic nitrogens is 5. The Morgan fingerprint density at radius 3 is 2.56 bits per heavy atom. The first kappa shape index (κ1) is 17.3. The highest BCUT2D eigenvalue weighted by atomic mass is 19.1. The summed E-state index contributed by atoms with van der Waals surface area (Å²) < 4.78 is 20.2. The average molecular weight is 369 g/mol. The minimum Gasteiger partial charge on any atom is -0.312 e. The van der Waals surface area contributed by atoms with Gasteiger partial charge in [0.15, 0.2) is 11.2 Å². The van der Waals surface area contributed by atoms with E-state index in [9.17, 15) is 14.0 Å². The molecule has 0 spiro atoms. The second kappa shape index (κ2) is 5.94. The van der Waals surface area contributed by atoms with Gasteiger partial charge in [0.2, 0.25) is 5.78 Å². The smallest absolute Gasteiger partial charge is 0.312 e. The number of aryl methyl sites for hydroxylation is 2. The van der Waals surface area contributed by atoms with Crippen molar-refractivity contribution in [2.24, 2.45) is 7.05 Å². The van der Waals surface area contributed by atoms with E-state index in [0.29, 0.717) is 16.9 Å². The summed E-state index contributed by atoms with van der Waals surface area (Å²) >= 11 is 0. The molecule has 0 unspecified atom stereocenters. The van der Waals surface area contributed by atoms with Crippen molar-refractivity contribution in [3.8, 4) is 0 Å². The van der Waals surface area contributed by atoms with Crippen LogP contribution >= 0.6 is 0 Å². The van der Waals surface area contributed by atoms with Gasteiger partial charge in [-0.25, -0.2) is 9.18 Å². The summed E-state index contributed by atoms with van der Waals surface area (Å²) in [6, 6.07) is 6.27. The van der Waals surface area contributed by atoms with Crippen molar-refractivity contribution in [1.82, 2.24) is 23.1 Å². The van der Waals surface area contributed by atoms with E-state index in [1.54, 1.807) is 29.6 Å². The number of nitrogens with zero attached hydrogens (tertiary/aromatic N) is 5. The standard InChI is InChI=1S/C19H20FN5O2/c1-11(2)25-12(3)9-23-15-16(21-18(23)25)22(4)19(27)24(17(15)26)10-13-7-5-6-8-14(13)20/h5-9,11H,10H2,1-4H3. The topological polar surface area (TPSA) is 66.2 Å². The zero-order chi connectivity index (χ0) is 19.5. The highest BCUT2D eigenvalue weighted by Gasteiger charge is 2.21. The minimum absolute atomic E-state index is 0.134. The molecule has 0 bridgehead atoms. The van der Waals surface area contributed by atoms with E-state index in [4.69, 9.17) is 0 Å². The van der Waals surface area contributed by atoms with Crippen molar-refractivity contribution < 1.29 is 4.39 Å². The van der Waals surface area contributed by atoms with Gasteiger partial charge in [-0.2, -0.15) is 4.98 Å². The van der Waals surface area contributed by atoms with E-state index in [-0.39, 0.29) is 18.2 Å². The predicted molar refractivity (Wildman–Crippen MR) is 101 cm³/mol. The van der Waals surface area contributed by atoms with Gasteiger partial charge in [-0.05, 0) is 26.8 Å². The Morgan fingerprint density at radius 2 is 1.89 bits per heavy atom. The third-order valence-electron chi connectivity index (χ3n) is 4.87. The van der Waals surface area contributed by atoms with Crippen LogP contribution in [0.3, 0.4) is 0 Å². The maximum atomic E-state index is 14.0. The molecule has 0 saturated heterocycles. The predicted octanol–water partition coefficient (Wildman–Crippen LogP) is 2.23. The summed E-state index contributed by atoms with van der Waals surface area (Å²) in [5.74, 6) is 0.153. The molecule has 3 heterocycles. The van der Waals surface area contributed by atoms with Crippen LogP contribution < -0.4 is 11.2 Å². The first-order valence-electron chi connectivity index (χ1n) is 8.74. The lowest BCUT2D eigenvalue weighted by atomic mass is 10.2. The van der Waals surface area contributed by atoms with Crippen molar-refractivity contribution in [2.45, 2.75) is 33.4 Å². The fourth-order valence-electron chi connectivity index (χ4n) is 3.60. The Bertz CT molecular complexity index is 1310. The summed E-state index contributed by atoms with van der Waals surface area (Å²) in [6.07, 6.45) is 1.84. The first-order chi connectivity index (χ1) is 12.8. The third kappa shape index (κ3) is 2.43. The number of halogens is 1. The lowest BCUT2D eigenvalue weighted by Gasteiger charge is -2.09. The summed E-state index contributed by atoms with van der Waals surface area (Å²) in [4.78, 5) is 30.4. The van der Waals surface area contributed by atoms with Crippen LogP contribution in [0.25, 0.3) is 16.9 Å². The molecule has 4 aromatic rings. The Morgan fingerprint density at radius 1 is 1.19 bits per heavy atom. The third-order valence-corrected chi connectivity index (χ3v) is 4.87. The van der Waals surface area contributed by atoms with Crippen LogP contribution in [0.2, 0.25) is 0 Å². The van der Waals surface area contributed by atoms with Crippen LogP contribution in [0.5, 0.6) is 0 Å². The normalized spacial score (nSPS) is 11.9. The lowest BCUT2D eigenvalue weighted by Crippen LogP contribution is -2.39. The number of hydrogen-bond acceptors (Lipinski definition) is 3. The van der Waals surface area contributed by atoms with Gasteiger partial charge in [-0.15, -0.1) is 0 Å². The van der Waals surface area contributed by atoms with Crippen molar-refractivity contribution in [1.29, 1.82) is 0 Å². The number of rotatable bonds is 3. The zero-order valence-corrected chi connectivity index (χ0v) is 15.6. The molecule has 0 amide bonds. The first-order valence-corrected chi connectivity index (χ1v) is 8.74. The average Bonchev–Trinajstić information content (AvgIpc) is 3.12. The van der Waals surface area contributed by atoms with Gasteiger partial charge in [0.05, 0.1) is 6.54 Å². The van der Waals surface area contributed by atoms with Crippen molar-refractivity contribution in [3.05, 3.63) is 68.4 Å². The monoisotopic (exact) mass is 369 g/mol. The van der Waals surface area contributed by atoms with Crippen molar-refractivity contribution in [3.63, 3.8) is 0 Å². The van der Waals surface area contributed by atoms with Gasteiger partial charge in [0.25, 0.3) is 5.56 Å². The minimum atomic E-state index is -0.524. The SMILES string of the molecule is Cc1cn2c3c(=O)n(Cc4ccccc4F)c(=O)n(C)c3nc2n1C(C)C. The molecule has 1 aromatic carbocycles. The molecule has 4 rings (SSSR count). The van der Waals surface area contributed by atoms with Crippen molar-refractivity contribution >= 4 is 16.9 Å². The quantitative estimate of drug-likeness (QED) is 0.556. The van der Waals surface area contributed by atoms with E-state index < -0.39 is 17.1 Å². The molecular weight excluding hydrogens is 349 g/mol. The molecule has 0 aliphatic carbocycles. The van der Waals surface area contributed by atoms with Gasteiger partial charge in [0, 0.05) is 30.5 Å². The Kier molecular flexibility index (Phi) is 3.80. The molecular formula is C19H20FN5O2. The Balaban J connectivity index is 2.06. The van der Waals surface area contributed by atoms with Crippen molar-refractivity contribution in [2.75, 3.05) is 0 Å². The molecule has 0 saturated carbocycles. The summed E-state index contributed by atoms with van der Waals surface area (Å²) in [5.41, 5.74) is 0.871. The van der Waals surface area contributed by atoms with E-state index in [0.717, 1.165) is 10.3 Å². The molecule has 3 aromatic heterocycles. The number of hydrogen-bond donors (Lipinski definition) is 0. The fourth-order valence-corrected chi connectivity index (χ4v) is 3.60. The molecule has 7 nitrogen and oxygen atoms in total. The molecule has 0 fully saturated rings. The number of fused-ring (bicyclic) bond motifs is 3.